The van der Waals surface area contributed by atoms with E-state index in [2.05, 4.69) is 18.0 Å². The fourth-order valence-corrected chi connectivity index (χ4v) is 2.61. The molecule has 1 aliphatic carbocycles. The average Bonchev–Trinajstić information content (AvgIpc) is 2.31. The van der Waals surface area contributed by atoms with Gasteiger partial charge in [0.2, 0.25) is 0 Å². The van der Waals surface area contributed by atoms with E-state index in [0.717, 1.165) is 25.7 Å². The molecule has 1 saturated carbocycles. The Morgan fingerprint density at radius 1 is 1.44 bits per heavy atom. The second-order valence-corrected chi connectivity index (χ2v) is 4.97. The van der Waals surface area contributed by atoms with E-state index >= 15 is 0 Å². The van der Waals surface area contributed by atoms with E-state index in [0.29, 0.717) is 6.54 Å². The highest BCUT2D eigenvalue weighted by Crippen LogP contribution is 2.38. The summed E-state index contributed by atoms with van der Waals surface area (Å²) in [6.45, 7) is 2.70. The number of pyridine rings is 1. The third-order valence-electron chi connectivity index (χ3n) is 3.79. The van der Waals surface area contributed by atoms with Crippen molar-refractivity contribution in [3.05, 3.63) is 29.6 Å². The number of nitrogens with two attached hydrogens (primary N) is 1. The molecule has 1 fully saturated rings. The number of hydrogen-bond donors (Lipinski definition) is 2. The zero-order valence-electron chi connectivity index (χ0n) is 9.82. The molecule has 0 radical (unpaired) electrons. The molecule has 3 N–H and O–H groups in total. The molecule has 0 atom stereocenters. The third kappa shape index (κ3) is 2.11. The molecule has 1 heterocycles. The van der Waals surface area contributed by atoms with Gasteiger partial charge < -0.3 is 10.8 Å². The first-order chi connectivity index (χ1) is 7.66. The lowest BCUT2D eigenvalue weighted by molar-refractivity contribution is 0.0973. The largest absolute Gasteiger partial charge is 0.393 e. The van der Waals surface area contributed by atoms with E-state index in [4.69, 9.17) is 5.73 Å². The fraction of sp³-hybridized carbons (Fsp3) is 0.615. The molecule has 0 unspecified atom stereocenters. The Morgan fingerprint density at radius 3 is 2.69 bits per heavy atom. The van der Waals surface area contributed by atoms with Crippen LogP contribution in [0.15, 0.2) is 18.5 Å². The van der Waals surface area contributed by atoms with Crippen molar-refractivity contribution < 1.29 is 5.11 Å². The van der Waals surface area contributed by atoms with Crippen molar-refractivity contribution in [3.63, 3.8) is 0 Å². The zero-order chi connectivity index (χ0) is 11.6. The van der Waals surface area contributed by atoms with Crippen LogP contribution >= 0.6 is 0 Å². The molecule has 1 aromatic heterocycles. The lowest BCUT2D eigenvalue weighted by Crippen LogP contribution is -2.40. The smallest absolute Gasteiger partial charge is 0.0541 e. The predicted octanol–water partition coefficient (Wildman–Crippen LogP) is 1.52. The van der Waals surface area contributed by atoms with Crippen molar-refractivity contribution in [2.24, 2.45) is 5.73 Å². The highest BCUT2D eigenvalue weighted by Gasteiger charge is 2.35. The van der Waals surface area contributed by atoms with Crippen molar-refractivity contribution in [2.75, 3.05) is 6.54 Å². The summed E-state index contributed by atoms with van der Waals surface area (Å²) < 4.78 is 0. The van der Waals surface area contributed by atoms with Crippen LogP contribution in [-0.2, 0) is 5.41 Å². The van der Waals surface area contributed by atoms with Gasteiger partial charge in [-0.15, -0.1) is 0 Å². The van der Waals surface area contributed by atoms with Crippen molar-refractivity contribution in [2.45, 2.75) is 44.1 Å². The molecule has 2 rings (SSSR count). The molecule has 3 heteroatoms. The summed E-state index contributed by atoms with van der Waals surface area (Å²) >= 11 is 0. The van der Waals surface area contributed by atoms with Gasteiger partial charge in [-0.2, -0.15) is 0 Å². The van der Waals surface area contributed by atoms with Crippen molar-refractivity contribution in [1.82, 2.24) is 4.98 Å². The molecule has 16 heavy (non-hydrogen) atoms. The van der Waals surface area contributed by atoms with Gasteiger partial charge in [-0.3, -0.25) is 4.98 Å². The lowest BCUT2D eigenvalue weighted by atomic mass is 9.69. The van der Waals surface area contributed by atoms with E-state index in [1.165, 1.54) is 11.1 Å². The molecule has 0 aliphatic heterocycles. The summed E-state index contributed by atoms with van der Waals surface area (Å²) in [5, 5.41) is 9.58. The van der Waals surface area contributed by atoms with Crippen molar-refractivity contribution in [3.8, 4) is 0 Å². The predicted molar refractivity (Wildman–Crippen MR) is 64.2 cm³/mol. The molecule has 1 aromatic rings. The minimum absolute atomic E-state index is 0.0399. The maximum atomic E-state index is 9.58. The van der Waals surface area contributed by atoms with Gasteiger partial charge >= 0.3 is 0 Å². The van der Waals surface area contributed by atoms with Crippen LogP contribution in [0.5, 0.6) is 0 Å². The van der Waals surface area contributed by atoms with E-state index in [9.17, 15) is 5.11 Å². The summed E-state index contributed by atoms with van der Waals surface area (Å²) in [4.78, 5) is 4.25. The number of aliphatic hydroxyl groups is 1. The topological polar surface area (TPSA) is 59.1 Å². The third-order valence-corrected chi connectivity index (χ3v) is 3.79. The van der Waals surface area contributed by atoms with Gasteiger partial charge in [0.1, 0.15) is 0 Å². The Kier molecular flexibility index (Phi) is 3.26. The van der Waals surface area contributed by atoms with Crippen LogP contribution in [0.3, 0.4) is 0 Å². The van der Waals surface area contributed by atoms with E-state index in [1.807, 2.05) is 12.4 Å². The molecule has 1 aliphatic rings. The normalized spacial score (nSPS) is 30.3. The molecule has 0 spiro atoms. The molecule has 88 valence electrons. The van der Waals surface area contributed by atoms with Crippen molar-refractivity contribution in [1.29, 1.82) is 0 Å². The fourth-order valence-electron chi connectivity index (χ4n) is 2.61. The van der Waals surface area contributed by atoms with Gasteiger partial charge in [-0.25, -0.2) is 0 Å². The molecule has 0 amide bonds. The Balaban J connectivity index is 2.28. The molecule has 0 aromatic carbocycles. The number of hydrogen-bond acceptors (Lipinski definition) is 3. The number of aryl methyl sites for hydroxylation is 1. The first kappa shape index (κ1) is 11.6. The van der Waals surface area contributed by atoms with Gasteiger partial charge in [-0.05, 0) is 43.7 Å². The Hall–Kier alpha value is -0.930. The SMILES string of the molecule is Cc1cncc(C2(CN)CCC(O)CC2)c1. The van der Waals surface area contributed by atoms with Crippen LogP contribution in [-0.4, -0.2) is 22.7 Å². The van der Waals surface area contributed by atoms with Gasteiger partial charge in [0.25, 0.3) is 0 Å². The second kappa shape index (κ2) is 4.52. The number of rotatable bonds is 2. The summed E-state index contributed by atoms with van der Waals surface area (Å²) in [6, 6.07) is 2.18. The van der Waals surface area contributed by atoms with E-state index in [-0.39, 0.29) is 11.5 Å². The summed E-state index contributed by atoms with van der Waals surface area (Å²) in [5.41, 5.74) is 8.41. The molecular formula is C13H20N2O. The summed E-state index contributed by atoms with van der Waals surface area (Å²) in [5.74, 6) is 0. The Morgan fingerprint density at radius 2 is 2.12 bits per heavy atom. The zero-order valence-corrected chi connectivity index (χ0v) is 9.82. The summed E-state index contributed by atoms with van der Waals surface area (Å²) in [7, 11) is 0. The van der Waals surface area contributed by atoms with Gasteiger partial charge in [0.05, 0.1) is 6.10 Å². The van der Waals surface area contributed by atoms with Crippen LogP contribution in [0.1, 0.15) is 36.8 Å². The second-order valence-electron chi connectivity index (χ2n) is 4.97. The lowest BCUT2D eigenvalue weighted by Gasteiger charge is -2.38. The monoisotopic (exact) mass is 220 g/mol. The Labute approximate surface area is 96.7 Å². The first-order valence-corrected chi connectivity index (χ1v) is 5.96. The minimum atomic E-state index is -0.141. The van der Waals surface area contributed by atoms with Crippen LogP contribution in [0.2, 0.25) is 0 Å². The van der Waals surface area contributed by atoms with Gasteiger partial charge in [0, 0.05) is 24.4 Å². The van der Waals surface area contributed by atoms with Gasteiger partial charge in [-0.1, -0.05) is 6.07 Å². The van der Waals surface area contributed by atoms with Crippen LogP contribution in [0.25, 0.3) is 0 Å². The standard InChI is InChI=1S/C13H20N2O/c1-10-6-11(8-15-7-10)13(9-14)4-2-12(16)3-5-13/h6-8,12,16H,2-5,9,14H2,1H3. The van der Waals surface area contributed by atoms with Crippen LogP contribution < -0.4 is 5.73 Å². The van der Waals surface area contributed by atoms with E-state index < -0.39 is 0 Å². The summed E-state index contributed by atoms with van der Waals surface area (Å²) in [6.07, 6.45) is 7.29. The number of nitrogens with zero attached hydrogens (tertiary/aromatic N) is 1. The maximum Gasteiger partial charge on any atom is 0.0541 e. The average molecular weight is 220 g/mol. The minimum Gasteiger partial charge on any atom is -0.393 e. The van der Waals surface area contributed by atoms with E-state index in [1.54, 1.807) is 0 Å². The van der Waals surface area contributed by atoms with Gasteiger partial charge in [0.15, 0.2) is 0 Å². The highest BCUT2D eigenvalue weighted by molar-refractivity contribution is 5.27. The van der Waals surface area contributed by atoms with Crippen LogP contribution in [0.4, 0.5) is 0 Å². The maximum absolute atomic E-state index is 9.58. The molecule has 0 bridgehead atoms. The van der Waals surface area contributed by atoms with Crippen molar-refractivity contribution >= 4 is 0 Å². The van der Waals surface area contributed by atoms with Crippen LogP contribution in [0, 0.1) is 6.92 Å². The number of aromatic nitrogens is 1. The molecule has 3 nitrogen and oxygen atoms in total. The molecular weight excluding hydrogens is 200 g/mol. The quantitative estimate of drug-likeness (QED) is 0.794. The highest BCUT2D eigenvalue weighted by atomic mass is 16.3. The number of aliphatic hydroxyl groups excluding tert-OH is 1. The Bertz CT molecular complexity index is 357. The first-order valence-electron chi connectivity index (χ1n) is 5.96. The molecule has 0 saturated heterocycles.